The number of allylic oxidation sites excluding steroid dienone is 4. The Kier molecular flexibility index (Phi) is 1.91. The zero-order valence-corrected chi connectivity index (χ0v) is 10.3. The predicted molar refractivity (Wildman–Crippen MR) is 70.1 cm³/mol. The van der Waals surface area contributed by atoms with E-state index >= 15 is 0 Å². The summed E-state index contributed by atoms with van der Waals surface area (Å²) in [5.74, 6) is 0.599. The van der Waals surface area contributed by atoms with Gasteiger partial charge in [0.25, 0.3) is 0 Å². The summed E-state index contributed by atoms with van der Waals surface area (Å²) >= 11 is 0. The highest BCUT2D eigenvalue weighted by Gasteiger charge is 2.39. The molecular formula is C15H18N2. The van der Waals surface area contributed by atoms with Gasteiger partial charge in [-0.2, -0.15) is 0 Å². The maximum Gasteiger partial charge on any atom is 0.0569 e. The first-order valence-electron chi connectivity index (χ1n) is 6.69. The molecule has 2 unspecified atom stereocenters. The van der Waals surface area contributed by atoms with Crippen molar-refractivity contribution in [3.63, 3.8) is 0 Å². The maximum atomic E-state index is 4.54. The van der Waals surface area contributed by atoms with Crippen LogP contribution in [-0.4, -0.2) is 30.7 Å². The van der Waals surface area contributed by atoms with E-state index in [9.17, 15) is 0 Å². The number of fused-ring (bicyclic) bond motifs is 1. The molecule has 0 fully saturated rings. The average molecular weight is 226 g/mol. The van der Waals surface area contributed by atoms with Gasteiger partial charge in [-0.05, 0) is 36.8 Å². The summed E-state index contributed by atoms with van der Waals surface area (Å²) in [6, 6.07) is 0.718. The Labute approximate surface area is 102 Å². The summed E-state index contributed by atoms with van der Waals surface area (Å²) in [4.78, 5) is 7.08. The summed E-state index contributed by atoms with van der Waals surface area (Å²) in [5.41, 5.74) is 6.50. The first-order valence-corrected chi connectivity index (χ1v) is 6.69. The van der Waals surface area contributed by atoms with Gasteiger partial charge in [0.2, 0.25) is 0 Å². The number of hydrogen-bond acceptors (Lipinski definition) is 2. The highest BCUT2D eigenvalue weighted by atomic mass is 15.2. The molecule has 2 aliphatic carbocycles. The van der Waals surface area contributed by atoms with Crippen molar-refractivity contribution in [1.82, 2.24) is 4.90 Å². The van der Waals surface area contributed by atoms with E-state index in [1.54, 1.807) is 22.4 Å². The summed E-state index contributed by atoms with van der Waals surface area (Å²) in [5, 5.41) is 0. The number of nitrogens with zero attached hydrogens (tertiary/aromatic N) is 2. The molecule has 0 N–H and O–H groups in total. The lowest BCUT2D eigenvalue weighted by Crippen LogP contribution is -2.31. The fourth-order valence-corrected chi connectivity index (χ4v) is 3.94. The van der Waals surface area contributed by atoms with Crippen molar-refractivity contribution in [3.8, 4) is 0 Å². The monoisotopic (exact) mass is 226 g/mol. The van der Waals surface area contributed by atoms with Gasteiger partial charge in [0, 0.05) is 30.9 Å². The van der Waals surface area contributed by atoms with Crippen molar-refractivity contribution in [1.29, 1.82) is 0 Å². The zero-order valence-electron chi connectivity index (χ0n) is 10.3. The third kappa shape index (κ3) is 1.24. The van der Waals surface area contributed by atoms with Crippen molar-refractivity contribution in [2.45, 2.75) is 31.7 Å². The molecule has 5 bridgehead atoms. The topological polar surface area (TPSA) is 15.6 Å². The average Bonchev–Trinajstić information content (AvgIpc) is 2.55. The van der Waals surface area contributed by atoms with Gasteiger partial charge in [-0.1, -0.05) is 17.7 Å². The fraction of sp³-hybridized carbons (Fsp3) is 0.533. The largest absolute Gasteiger partial charge is 0.374 e. The third-order valence-electron chi connectivity index (χ3n) is 4.82. The summed E-state index contributed by atoms with van der Waals surface area (Å²) in [6.45, 7) is 0.858. The van der Waals surface area contributed by atoms with Gasteiger partial charge in [0.15, 0.2) is 0 Å². The molecule has 88 valence electrons. The quantitative estimate of drug-likeness (QED) is 0.620. The highest BCUT2D eigenvalue weighted by Crippen LogP contribution is 2.48. The SMILES string of the molecule is CN1C2=C3CC1CC1C=NC/C=C\C3=C1CC2. The molecule has 0 spiro atoms. The van der Waals surface area contributed by atoms with Crippen molar-refractivity contribution < 1.29 is 0 Å². The van der Waals surface area contributed by atoms with Gasteiger partial charge in [0.1, 0.15) is 0 Å². The number of likely N-dealkylation sites (tertiary alicyclic amines) is 1. The minimum absolute atomic E-state index is 0.599. The van der Waals surface area contributed by atoms with Crippen molar-refractivity contribution >= 4 is 6.21 Å². The Morgan fingerprint density at radius 1 is 1.35 bits per heavy atom. The van der Waals surface area contributed by atoms with Gasteiger partial charge in [-0.3, -0.25) is 4.99 Å². The van der Waals surface area contributed by atoms with Gasteiger partial charge in [0.05, 0.1) is 6.54 Å². The van der Waals surface area contributed by atoms with E-state index in [2.05, 4.69) is 35.3 Å². The van der Waals surface area contributed by atoms with Crippen LogP contribution in [0.3, 0.4) is 0 Å². The number of hydrogen-bond donors (Lipinski definition) is 0. The Balaban J connectivity index is 1.96. The molecule has 2 heterocycles. The number of aliphatic imine (C=N–C) groups is 1. The Hall–Kier alpha value is -1.31. The second kappa shape index (κ2) is 3.34. The Morgan fingerprint density at radius 2 is 2.29 bits per heavy atom. The predicted octanol–water partition coefficient (Wildman–Crippen LogP) is 2.70. The molecule has 2 heteroatoms. The number of rotatable bonds is 0. The summed E-state index contributed by atoms with van der Waals surface area (Å²) in [6.07, 6.45) is 11.8. The van der Waals surface area contributed by atoms with Gasteiger partial charge in [-0.15, -0.1) is 0 Å². The van der Waals surface area contributed by atoms with Crippen molar-refractivity contribution in [3.05, 3.63) is 34.6 Å². The lowest BCUT2D eigenvalue weighted by molar-refractivity contribution is 0.288. The molecule has 0 amide bonds. The lowest BCUT2D eigenvalue weighted by atomic mass is 9.82. The second-order valence-electron chi connectivity index (χ2n) is 5.59. The molecular weight excluding hydrogens is 208 g/mol. The highest BCUT2D eigenvalue weighted by molar-refractivity contribution is 5.70. The molecule has 4 rings (SSSR count). The van der Waals surface area contributed by atoms with E-state index in [0.29, 0.717) is 5.92 Å². The lowest BCUT2D eigenvalue weighted by Gasteiger charge is -2.34. The van der Waals surface area contributed by atoms with E-state index in [1.807, 2.05) is 0 Å². The van der Waals surface area contributed by atoms with Crippen LogP contribution in [-0.2, 0) is 0 Å². The summed E-state index contributed by atoms with van der Waals surface area (Å²) < 4.78 is 0. The molecule has 0 saturated carbocycles. The zero-order chi connectivity index (χ0) is 11.4. The van der Waals surface area contributed by atoms with Crippen molar-refractivity contribution in [2.24, 2.45) is 10.9 Å². The molecule has 17 heavy (non-hydrogen) atoms. The van der Waals surface area contributed by atoms with Crippen LogP contribution in [0, 0.1) is 5.92 Å². The van der Waals surface area contributed by atoms with E-state index < -0.39 is 0 Å². The molecule has 0 saturated heterocycles. The van der Waals surface area contributed by atoms with E-state index in [1.165, 1.54) is 25.7 Å². The molecule has 4 aliphatic rings. The molecule has 2 nitrogen and oxygen atoms in total. The molecule has 2 aliphatic heterocycles. The van der Waals surface area contributed by atoms with E-state index in [4.69, 9.17) is 0 Å². The molecule has 0 aromatic heterocycles. The van der Waals surface area contributed by atoms with E-state index in [0.717, 1.165) is 12.6 Å². The second-order valence-corrected chi connectivity index (χ2v) is 5.59. The van der Waals surface area contributed by atoms with Crippen LogP contribution in [0.5, 0.6) is 0 Å². The van der Waals surface area contributed by atoms with Crippen LogP contribution in [0.2, 0.25) is 0 Å². The minimum Gasteiger partial charge on any atom is -0.374 e. The Bertz CT molecular complexity index is 493. The third-order valence-corrected chi connectivity index (χ3v) is 4.82. The van der Waals surface area contributed by atoms with Crippen molar-refractivity contribution in [2.75, 3.05) is 13.6 Å². The van der Waals surface area contributed by atoms with Crippen LogP contribution in [0.15, 0.2) is 39.6 Å². The standard InChI is InChI=1S/C15H18N2/c1-17-11-7-10-9-16-6-2-3-13-12(10)4-5-15(17)14(13)8-11/h2-3,9-11H,4-8H2,1H3/b3-2-,16-9?. The minimum atomic E-state index is 0.599. The first-order chi connectivity index (χ1) is 8.34. The van der Waals surface area contributed by atoms with E-state index in [-0.39, 0.29) is 0 Å². The van der Waals surface area contributed by atoms with Crippen LogP contribution in [0.1, 0.15) is 25.7 Å². The van der Waals surface area contributed by atoms with Crippen LogP contribution in [0.25, 0.3) is 0 Å². The van der Waals surface area contributed by atoms with Gasteiger partial charge >= 0.3 is 0 Å². The van der Waals surface area contributed by atoms with Gasteiger partial charge in [-0.25, -0.2) is 0 Å². The molecule has 0 radical (unpaired) electrons. The summed E-state index contributed by atoms with van der Waals surface area (Å²) in [7, 11) is 2.28. The maximum absolute atomic E-state index is 4.54. The fourth-order valence-electron chi connectivity index (χ4n) is 3.94. The van der Waals surface area contributed by atoms with Crippen LogP contribution < -0.4 is 0 Å². The molecule has 0 aromatic rings. The van der Waals surface area contributed by atoms with Crippen LogP contribution >= 0.6 is 0 Å². The Morgan fingerprint density at radius 3 is 3.24 bits per heavy atom. The molecule has 0 aromatic carbocycles. The van der Waals surface area contributed by atoms with Gasteiger partial charge < -0.3 is 4.90 Å². The smallest absolute Gasteiger partial charge is 0.0569 e. The molecule has 2 atom stereocenters. The first kappa shape index (κ1) is 9.69. The normalized spacial score (nSPS) is 36.2. The van der Waals surface area contributed by atoms with Crippen LogP contribution in [0.4, 0.5) is 0 Å².